The monoisotopic (exact) mass is 614 g/mol. The number of ether oxygens (including phenoxy) is 3. The number of likely N-dealkylation sites (tertiary alicyclic amines) is 1. The number of nitrogens with zero attached hydrogens (tertiary/aromatic N) is 5. The Morgan fingerprint density at radius 1 is 1.16 bits per heavy atom. The number of benzene rings is 1. The van der Waals surface area contributed by atoms with Crippen molar-refractivity contribution < 1.29 is 33.0 Å². The highest BCUT2D eigenvalue weighted by Gasteiger charge is 2.44. The quantitative estimate of drug-likeness (QED) is 0.373. The predicted octanol–water partition coefficient (Wildman–Crippen LogP) is 4.71. The van der Waals surface area contributed by atoms with E-state index in [1.165, 1.54) is 60.8 Å². The van der Waals surface area contributed by atoms with Crippen LogP contribution in [-0.4, -0.2) is 88.2 Å². The maximum atomic E-state index is 14.6. The normalized spacial score (nSPS) is 16.4. The molecule has 1 fully saturated rings. The summed E-state index contributed by atoms with van der Waals surface area (Å²) < 4.78 is 30.3. The van der Waals surface area contributed by atoms with Gasteiger partial charge in [0.1, 0.15) is 17.5 Å². The molecule has 43 heavy (non-hydrogen) atoms. The minimum atomic E-state index is -0.929. The molecule has 1 saturated heterocycles. The Morgan fingerprint density at radius 3 is 2.58 bits per heavy atom. The summed E-state index contributed by atoms with van der Waals surface area (Å²) in [5.74, 6) is -1.17. The number of amides is 2. The van der Waals surface area contributed by atoms with Gasteiger partial charge in [0, 0.05) is 37.4 Å². The van der Waals surface area contributed by atoms with Crippen LogP contribution in [0.25, 0.3) is 11.4 Å². The topological polar surface area (TPSA) is 136 Å². The number of pyridine rings is 1. The third kappa shape index (κ3) is 7.11. The van der Waals surface area contributed by atoms with Gasteiger partial charge < -0.3 is 24.4 Å². The van der Waals surface area contributed by atoms with Gasteiger partial charge in [-0.15, -0.1) is 0 Å². The SMILES string of the molecule is COC(=O)[C@H]1C[C@@H](N(C)C(=O)c2cnccc2Nc2nc(-c3cc(Cl)ccc3F)ncc2OC)CN1C(=O)OC(C)(C)C. The summed E-state index contributed by atoms with van der Waals surface area (Å²) in [4.78, 5) is 54.7. The van der Waals surface area contributed by atoms with E-state index in [4.69, 9.17) is 25.8 Å². The van der Waals surface area contributed by atoms with Crippen LogP contribution in [0.4, 0.5) is 20.7 Å². The minimum Gasteiger partial charge on any atom is -0.491 e. The van der Waals surface area contributed by atoms with E-state index >= 15 is 0 Å². The number of aromatic nitrogens is 3. The fourth-order valence-corrected chi connectivity index (χ4v) is 4.71. The van der Waals surface area contributed by atoms with Gasteiger partial charge in [-0.05, 0) is 45.0 Å². The summed E-state index contributed by atoms with van der Waals surface area (Å²) in [7, 11) is 4.23. The molecule has 3 heterocycles. The highest BCUT2D eigenvalue weighted by Crippen LogP contribution is 2.32. The lowest BCUT2D eigenvalue weighted by Gasteiger charge is -2.28. The van der Waals surface area contributed by atoms with Crippen molar-refractivity contribution in [2.24, 2.45) is 0 Å². The molecule has 1 N–H and O–H groups in total. The number of carbonyl (C=O) groups is 3. The summed E-state index contributed by atoms with van der Waals surface area (Å²) in [5.41, 5.74) is -0.201. The van der Waals surface area contributed by atoms with Crippen LogP contribution in [0, 0.1) is 5.82 Å². The van der Waals surface area contributed by atoms with E-state index in [0.717, 1.165) is 0 Å². The van der Waals surface area contributed by atoms with Crippen LogP contribution >= 0.6 is 11.6 Å². The van der Waals surface area contributed by atoms with Crippen LogP contribution in [0.2, 0.25) is 5.02 Å². The third-order valence-electron chi connectivity index (χ3n) is 6.70. The molecule has 1 aliphatic heterocycles. The van der Waals surface area contributed by atoms with Crippen molar-refractivity contribution in [3.63, 3.8) is 0 Å². The molecular weight excluding hydrogens is 583 g/mol. The first-order chi connectivity index (χ1) is 20.3. The van der Waals surface area contributed by atoms with Crippen molar-refractivity contribution in [2.75, 3.05) is 33.1 Å². The second-order valence-corrected chi connectivity index (χ2v) is 11.2. The average molecular weight is 615 g/mol. The molecule has 4 rings (SSSR count). The molecule has 14 heteroatoms. The van der Waals surface area contributed by atoms with Gasteiger partial charge in [-0.3, -0.25) is 14.7 Å². The Balaban J connectivity index is 1.61. The van der Waals surface area contributed by atoms with Crippen LogP contribution in [-0.2, 0) is 14.3 Å². The lowest BCUT2D eigenvalue weighted by Crippen LogP contribution is -2.44. The smallest absolute Gasteiger partial charge is 0.411 e. The van der Waals surface area contributed by atoms with E-state index in [9.17, 15) is 18.8 Å². The zero-order chi connectivity index (χ0) is 31.5. The van der Waals surface area contributed by atoms with Crippen LogP contribution in [0.15, 0.2) is 42.9 Å². The largest absolute Gasteiger partial charge is 0.491 e. The number of hydrogen-bond donors (Lipinski definition) is 1. The van der Waals surface area contributed by atoms with Crippen molar-refractivity contribution in [1.82, 2.24) is 24.8 Å². The number of nitrogens with one attached hydrogen (secondary N) is 1. The minimum absolute atomic E-state index is 0.0457. The van der Waals surface area contributed by atoms with Gasteiger partial charge in [0.25, 0.3) is 5.91 Å². The van der Waals surface area contributed by atoms with Crippen LogP contribution in [0.3, 0.4) is 0 Å². The molecular formula is C29H32ClFN6O6. The van der Waals surface area contributed by atoms with Crippen molar-refractivity contribution in [3.8, 4) is 17.1 Å². The van der Waals surface area contributed by atoms with Crippen molar-refractivity contribution >= 4 is 41.1 Å². The first kappa shape index (κ1) is 31.4. The van der Waals surface area contributed by atoms with Gasteiger partial charge in [0.2, 0.25) is 0 Å². The number of rotatable bonds is 7. The molecule has 2 amide bonds. The molecule has 0 spiro atoms. The third-order valence-corrected chi connectivity index (χ3v) is 6.93. The summed E-state index contributed by atoms with van der Waals surface area (Å²) in [5, 5.41) is 3.38. The maximum absolute atomic E-state index is 14.6. The van der Waals surface area contributed by atoms with Crippen LogP contribution in [0.1, 0.15) is 37.6 Å². The molecule has 3 aromatic rings. The fourth-order valence-electron chi connectivity index (χ4n) is 4.54. The lowest BCUT2D eigenvalue weighted by atomic mass is 10.1. The van der Waals surface area contributed by atoms with Crippen molar-refractivity contribution in [2.45, 2.75) is 44.9 Å². The summed E-state index contributed by atoms with van der Waals surface area (Å²) >= 11 is 6.06. The molecule has 0 unspecified atom stereocenters. The second-order valence-electron chi connectivity index (χ2n) is 10.8. The molecule has 12 nitrogen and oxygen atoms in total. The van der Waals surface area contributed by atoms with E-state index < -0.39 is 41.5 Å². The highest BCUT2D eigenvalue weighted by molar-refractivity contribution is 6.30. The van der Waals surface area contributed by atoms with E-state index in [2.05, 4.69) is 20.3 Å². The number of hydrogen-bond acceptors (Lipinski definition) is 10. The molecule has 0 aliphatic carbocycles. The Hall–Kier alpha value is -4.52. The number of halogens is 2. The van der Waals surface area contributed by atoms with Gasteiger partial charge in [0.15, 0.2) is 17.4 Å². The van der Waals surface area contributed by atoms with Crippen molar-refractivity contribution in [1.29, 1.82) is 0 Å². The standard InChI is InChI=1S/C29H32ClFN6O6/c1-29(2,3)43-28(40)37-15-17(12-22(37)27(39)42-6)36(4)26(38)19-13-32-10-9-21(19)34-25-23(41-5)14-33-24(35-25)18-11-16(30)7-8-20(18)31/h7-11,13-14,17,22H,12,15H2,1-6H3,(H,32,33,34,35)/t17-,22-/m1/s1. The zero-order valence-electron chi connectivity index (χ0n) is 24.6. The molecule has 0 saturated carbocycles. The Labute approximate surface area is 253 Å². The average Bonchev–Trinajstić information content (AvgIpc) is 3.42. The fraction of sp³-hybridized carbons (Fsp3) is 0.379. The number of likely N-dealkylation sites (N-methyl/N-ethyl adjacent to an activating group) is 1. The van der Waals surface area contributed by atoms with E-state index in [1.807, 2.05) is 0 Å². The first-order valence-electron chi connectivity index (χ1n) is 13.2. The highest BCUT2D eigenvalue weighted by atomic mass is 35.5. The molecule has 228 valence electrons. The Kier molecular flexibility index (Phi) is 9.34. The van der Waals surface area contributed by atoms with Crippen LogP contribution < -0.4 is 10.1 Å². The van der Waals surface area contributed by atoms with Crippen LogP contribution in [0.5, 0.6) is 5.75 Å². The van der Waals surface area contributed by atoms with E-state index in [0.29, 0.717) is 10.7 Å². The molecule has 0 radical (unpaired) electrons. The maximum Gasteiger partial charge on any atom is 0.411 e. The summed E-state index contributed by atoms with van der Waals surface area (Å²) in [6.45, 7) is 5.21. The molecule has 0 bridgehead atoms. The zero-order valence-corrected chi connectivity index (χ0v) is 25.3. The number of methoxy groups -OCH3 is 2. The van der Waals surface area contributed by atoms with Crippen molar-refractivity contribution in [3.05, 3.63) is 59.3 Å². The molecule has 2 aromatic heterocycles. The molecule has 2 atom stereocenters. The Bertz CT molecular complexity index is 1530. The lowest BCUT2D eigenvalue weighted by molar-refractivity contribution is -0.145. The van der Waals surface area contributed by atoms with E-state index in [1.54, 1.807) is 33.9 Å². The van der Waals surface area contributed by atoms with Gasteiger partial charge in [-0.2, -0.15) is 0 Å². The second kappa shape index (κ2) is 12.8. The number of carbonyl (C=O) groups excluding carboxylic acids is 3. The van der Waals surface area contributed by atoms with Gasteiger partial charge in [0.05, 0.1) is 43.3 Å². The first-order valence-corrected chi connectivity index (χ1v) is 13.6. The van der Waals surface area contributed by atoms with Gasteiger partial charge in [-0.25, -0.2) is 23.9 Å². The summed E-state index contributed by atoms with van der Waals surface area (Å²) in [6, 6.07) is 4.14. The van der Waals surface area contributed by atoms with Gasteiger partial charge in [-0.1, -0.05) is 11.6 Å². The number of anilines is 2. The molecule has 1 aromatic carbocycles. The molecule has 1 aliphatic rings. The summed E-state index contributed by atoms with van der Waals surface area (Å²) in [6.07, 6.45) is 3.70. The number of esters is 1. The van der Waals surface area contributed by atoms with E-state index in [-0.39, 0.29) is 41.5 Å². The predicted molar refractivity (Wildman–Crippen MR) is 156 cm³/mol. The van der Waals surface area contributed by atoms with Gasteiger partial charge >= 0.3 is 12.1 Å². The Morgan fingerprint density at radius 2 is 1.91 bits per heavy atom.